The summed E-state index contributed by atoms with van der Waals surface area (Å²) >= 11 is 0. The van der Waals surface area contributed by atoms with Crippen LogP contribution in [-0.4, -0.2) is 9.97 Å². The van der Waals surface area contributed by atoms with Gasteiger partial charge in [0.05, 0.1) is 11.6 Å². The average Bonchev–Trinajstić information content (AvgIpc) is 2.67. The largest absolute Gasteiger partial charge is 0.341 e. The Morgan fingerprint density at radius 3 is 2.62 bits per heavy atom. The molecular formula is C11H13F2N3. The van der Waals surface area contributed by atoms with Crippen LogP contribution in [0.1, 0.15) is 25.7 Å². The van der Waals surface area contributed by atoms with Gasteiger partial charge in [-0.3, -0.25) is 0 Å². The van der Waals surface area contributed by atoms with E-state index in [1.54, 1.807) is 0 Å². The number of nitrogens with one attached hydrogen (secondary N) is 1. The van der Waals surface area contributed by atoms with Gasteiger partial charge in [0.25, 0.3) is 0 Å². The van der Waals surface area contributed by atoms with E-state index >= 15 is 0 Å². The lowest BCUT2D eigenvalue weighted by atomic mass is 10.1. The highest BCUT2D eigenvalue weighted by Gasteiger charge is 2.17. The molecular weight excluding hydrogens is 212 g/mol. The molecule has 2 aromatic rings. The number of aromatic nitrogens is 2. The number of hydrogen-bond donors (Lipinski definition) is 2. The molecule has 0 spiro atoms. The Morgan fingerprint density at radius 1 is 1.31 bits per heavy atom. The molecule has 0 saturated heterocycles. The molecule has 2 rings (SSSR count). The van der Waals surface area contributed by atoms with E-state index < -0.39 is 11.6 Å². The van der Waals surface area contributed by atoms with Crippen molar-refractivity contribution in [1.29, 1.82) is 0 Å². The first-order chi connectivity index (χ1) is 7.50. The minimum absolute atomic E-state index is 0.00565. The van der Waals surface area contributed by atoms with Crippen molar-refractivity contribution >= 4 is 11.0 Å². The summed E-state index contributed by atoms with van der Waals surface area (Å²) in [7, 11) is 0. The van der Waals surface area contributed by atoms with Crippen LogP contribution in [0.25, 0.3) is 11.0 Å². The zero-order valence-corrected chi connectivity index (χ0v) is 9.09. The zero-order chi connectivity index (χ0) is 11.9. The summed E-state index contributed by atoms with van der Waals surface area (Å²) in [5.41, 5.74) is 6.35. The fourth-order valence-corrected chi connectivity index (χ4v) is 1.51. The Labute approximate surface area is 91.7 Å². The maximum Gasteiger partial charge on any atom is 0.186 e. The number of nitrogens with two attached hydrogens (primary N) is 1. The van der Waals surface area contributed by atoms with Gasteiger partial charge >= 0.3 is 0 Å². The molecule has 3 N–H and O–H groups in total. The Bertz CT molecular complexity index is 519. The van der Waals surface area contributed by atoms with Crippen molar-refractivity contribution in [2.75, 3.05) is 0 Å². The number of benzene rings is 1. The Kier molecular flexibility index (Phi) is 2.63. The van der Waals surface area contributed by atoms with Crippen molar-refractivity contribution in [3.63, 3.8) is 0 Å². The van der Waals surface area contributed by atoms with E-state index in [0.29, 0.717) is 11.3 Å². The summed E-state index contributed by atoms with van der Waals surface area (Å²) in [6.45, 7) is 3.88. The third-order valence-electron chi connectivity index (χ3n) is 2.60. The summed E-state index contributed by atoms with van der Waals surface area (Å²) in [5, 5.41) is 0. The summed E-state index contributed by atoms with van der Waals surface area (Å²) in [6.07, 6.45) is 0. The van der Waals surface area contributed by atoms with E-state index in [1.807, 2.05) is 13.8 Å². The maximum atomic E-state index is 13.4. The van der Waals surface area contributed by atoms with E-state index in [4.69, 9.17) is 5.73 Å². The molecule has 16 heavy (non-hydrogen) atoms. The highest BCUT2D eigenvalue weighted by molar-refractivity contribution is 5.75. The van der Waals surface area contributed by atoms with Gasteiger partial charge in [0.2, 0.25) is 0 Å². The third-order valence-corrected chi connectivity index (χ3v) is 2.60. The van der Waals surface area contributed by atoms with Gasteiger partial charge in [-0.25, -0.2) is 13.8 Å². The predicted octanol–water partition coefficient (Wildman–Crippen LogP) is 2.50. The van der Waals surface area contributed by atoms with Gasteiger partial charge in [0, 0.05) is 0 Å². The third kappa shape index (κ3) is 1.67. The molecule has 86 valence electrons. The molecule has 0 fully saturated rings. The van der Waals surface area contributed by atoms with Crippen LogP contribution in [0, 0.1) is 17.6 Å². The van der Waals surface area contributed by atoms with E-state index in [9.17, 15) is 8.78 Å². The fraction of sp³-hybridized carbons (Fsp3) is 0.364. The molecule has 1 aromatic heterocycles. The first-order valence-corrected chi connectivity index (χ1v) is 5.10. The van der Waals surface area contributed by atoms with E-state index in [1.165, 1.54) is 6.07 Å². The van der Waals surface area contributed by atoms with Crippen molar-refractivity contribution in [2.24, 2.45) is 11.7 Å². The average molecular weight is 225 g/mol. The second-order valence-electron chi connectivity index (χ2n) is 4.15. The molecule has 0 bridgehead atoms. The minimum atomic E-state index is -0.934. The van der Waals surface area contributed by atoms with Crippen molar-refractivity contribution in [3.05, 3.63) is 29.6 Å². The van der Waals surface area contributed by atoms with Crippen LogP contribution in [0.3, 0.4) is 0 Å². The molecule has 3 nitrogen and oxygen atoms in total. The molecule has 0 saturated carbocycles. The molecule has 5 heteroatoms. The van der Waals surface area contributed by atoms with Crippen LogP contribution in [0.4, 0.5) is 8.78 Å². The summed E-state index contributed by atoms with van der Waals surface area (Å²) in [5.74, 6) is -1.18. The van der Waals surface area contributed by atoms with Crippen LogP contribution < -0.4 is 5.73 Å². The molecule has 0 aliphatic rings. The highest BCUT2D eigenvalue weighted by Crippen LogP contribution is 2.22. The van der Waals surface area contributed by atoms with Gasteiger partial charge in [-0.05, 0) is 18.1 Å². The molecule has 1 aromatic carbocycles. The first kappa shape index (κ1) is 11.0. The van der Waals surface area contributed by atoms with Crippen molar-refractivity contribution in [1.82, 2.24) is 9.97 Å². The maximum absolute atomic E-state index is 13.4. The van der Waals surface area contributed by atoms with E-state index in [2.05, 4.69) is 9.97 Å². The SMILES string of the molecule is CC(C)[C@H](N)c1nc2c(F)c(F)ccc2[nH]1. The highest BCUT2D eigenvalue weighted by atomic mass is 19.2. The zero-order valence-electron chi connectivity index (χ0n) is 9.09. The lowest BCUT2D eigenvalue weighted by Crippen LogP contribution is -2.18. The normalized spacial score (nSPS) is 13.6. The Hall–Kier alpha value is -1.49. The number of rotatable bonds is 2. The lowest BCUT2D eigenvalue weighted by Gasteiger charge is -2.11. The number of hydrogen-bond acceptors (Lipinski definition) is 2. The molecule has 1 heterocycles. The molecule has 1 atom stereocenters. The van der Waals surface area contributed by atoms with Crippen molar-refractivity contribution in [2.45, 2.75) is 19.9 Å². The number of halogens is 2. The van der Waals surface area contributed by atoms with E-state index in [-0.39, 0.29) is 17.5 Å². The first-order valence-electron chi connectivity index (χ1n) is 5.10. The summed E-state index contributed by atoms with van der Waals surface area (Å²) in [4.78, 5) is 6.90. The van der Waals surface area contributed by atoms with Crippen LogP contribution in [-0.2, 0) is 0 Å². The van der Waals surface area contributed by atoms with Gasteiger partial charge in [0.15, 0.2) is 11.6 Å². The number of nitrogens with zero attached hydrogens (tertiary/aromatic N) is 1. The number of H-pyrrole nitrogens is 1. The van der Waals surface area contributed by atoms with Gasteiger partial charge in [-0.2, -0.15) is 0 Å². The van der Waals surface area contributed by atoms with Gasteiger partial charge in [-0.1, -0.05) is 13.8 Å². The lowest BCUT2D eigenvalue weighted by molar-refractivity contribution is 0.493. The molecule has 0 aliphatic heterocycles. The standard InChI is InChI=1S/C11H13F2N3/c1-5(2)9(14)11-15-7-4-3-6(12)8(13)10(7)16-11/h3-5,9H,14H2,1-2H3,(H,15,16)/t9-/m0/s1. The van der Waals surface area contributed by atoms with Crippen LogP contribution in [0.15, 0.2) is 12.1 Å². The number of aromatic amines is 1. The van der Waals surface area contributed by atoms with Gasteiger partial charge in [0.1, 0.15) is 11.3 Å². The minimum Gasteiger partial charge on any atom is -0.341 e. The van der Waals surface area contributed by atoms with Crippen LogP contribution >= 0.6 is 0 Å². The molecule has 0 radical (unpaired) electrons. The topological polar surface area (TPSA) is 54.7 Å². The van der Waals surface area contributed by atoms with Crippen molar-refractivity contribution < 1.29 is 8.78 Å². The van der Waals surface area contributed by atoms with Crippen molar-refractivity contribution in [3.8, 4) is 0 Å². The second kappa shape index (κ2) is 3.83. The summed E-state index contributed by atoms with van der Waals surface area (Å²) in [6, 6.07) is 2.22. The monoisotopic (exact) mass is 225 g/mol. The van der Waals surface area contributed by atoms with Gasteiger partial charge < -0.3 is 10.7 Å². The number of imidazole rings is 1. The predicted molar refractivity (Wildman–Crippen MR) is 57.8 cm³/mol. The Morgan fingerprint density at radius 2 is 2.00 bits per heavy atom. The van der Waals surface area contributed by atoms with E-state index in [0.717, 1.165) is 6.07 Å². The van der Waals surface area contributed by atoms with Gasteiger partial charge in [-0.15, -0.1) is 0 Å². The van der Waals surface area contributed by atoms with Crippen LogP contribution in [0.5, 0.6) is 0 Å². The summed E-state index contributed by atoms with van der Waals surface area (Å²) < 4.78 is 26.3. The quantitative estimate of drug-likeness (QED) is 0.825. The fourth-order valence-electron chi connectivity index (χ4n) is 1.51. The Balaban J connectivity index is 2.56. The molecule has 0 aliphatic carbocycles. The van der Waals surface area contributed by atoms with Crippen LogP contribution in [0.2, 0.25) is 0 Å². The second-order valence-corrected chi connectivity index (χ2v) is 4.15. The molecule has 0 unspecified atom stereocenters. The molecule has 0 amide bonds. The number of fused-ring (bicyclic) bond motifs is 1. The smallest absolute Gasteiger partial charge is 0.186 e.